The molecule has 0 radical (unpaired) electrons. The van der Waals surface area contributed by atoms with Gasteiger partial charge in [0.25, 0.3) is 5.91 Å². The predicted molar refractivity (Wildman–Crippen MR) is 88.7 cm³/mol. The van der Waals surface area contributed by atoms with E-state index < -0.39 is 17.8 Å². The molecule has 1 aromatic rings. The lowest BCUT2D eigenvalue weighted by Gasteiger charge is -2.15. The highest BCUT2D eigenvalue weighted by molar-refractivity contribution is 6.08. The summed E-state index contributed by atoms with van der Waals surface area (Å²) in [4.78, 5) is 37.3. The van der Waals surface area contributed by atoms with Crippen LogP contribution in [0.1, 0.15) is 17.3 Å². The van der Waals surface area contributed by atoms with E-state index in [1.54, 1.807) is 31.2 Å². The number of methoxy groups -OCH3 is 1. The summed E-state index contributed by atoms with van der Waals surface area (Å²) in [7, 11) is 1.24. The zero-order valence-corrected chi connectivity index (χ0v) is 14.1. The fraction of sp³-hybridized carbons (Fsp3) is 0.353. The van der Waals surface area contributed by atoms with Crippen molar-refractivity contribution in [3.8, 4) is 0 Å². The highest BCUT2D eigenvalue weighted by Crippen LogP contribution is 2.23. The molecule has 0 saturated carbocycles. The van der Waals surface area contributed by atoms with E-state index in [9.17, 15) is 14.4 Å². The van der Waals surface area contributed by atoms with Crippen LogP contribution in [0.4, 0.5) is 5.69 Å². The Morgan fingerprint density at radius 1 is 1.24 bits per heavy atom. The molecule has 2 rings (SSSR count). The van der Waals surface area contributed by atoms with E-state index >= 15 is 0 Å². The second-order valence-corrected chi connectivity index (χ2v) is 5.22. The summed E-state index contributed by atoms with van der Waals surface area (Å²) in [5, 5.41) is 11.9. The maximum atomic E-state index is 12.4. The van der Waals surface area contributed by atoms with Crippen molar-refractivity contribution < 1.29 is 29.0 Å². The molecule has 1 aromatic carbocycles. The number of nitrogens with one attached hydrogen (secondary N) is 1. The fourth-order valence-corrected chi connectivity index (χ4v) is 2.40. The molecule has 0 fully saturated rings. The zero-order valence-electron chi connectivity index (χ0n) is 14.1. The minimum Gasteiger partial charge on any atom is -0.466 e. The quantitative estimate of drug-likeness (QED) is 0.693. The van der Waals surface area contributed by atoms with Crippen LogP contribution in [0.2, 0.25) is 0 Å². The molecule has 1 amide bonds. The van der Waals surface area contributed by atoms with Gasteiger partial charge in [-0.25, -0.2) is 9.59 Å². The standard InChI is InChI=1S/C17H20N2O6/c1-3-25-16(22)11-4-6-12(7-5-11)18-14-13(17(23)24-2)10-19(8-9-20)15(14)21/h4-7,18,20H,3,8-10H2,1-2H3. The van der Waals surface area contributed by atoms with Crippen LogP contribution in [0.5, 0.6) is 0 Å². The molecule has 0 atom stereocenters. The first-order chi connectivity index (χ1) is 12.0. The largest absolute Gasteiger partial charge is 0.466 e. The van der Waals surface area contributed by atoms with E-state index in [2.05, 4.69) is 5.32 Å². The Morgan fingerprint density at radius 3 is 2.48 bits per heavy atom. The lowest BCUT2D eigenvalue weighted by atomic mass is 10.2. The molecule has 1 aliphatic heterocycles. The summed E-state index contributed by atoms with van der Waals surface area (Å²) in [6, 6.07) is 6.33. The number of benzene rings is 1. The summed E-state index contributed by atoms with van der Waals surface area (Å²) in [6.45, 7) is 1.98. The first kappa shape index (κ1) is 18.5. The van der Waals surface area contributed by atoms with Crippen LogP contribution in [0.15, 0.2) is 35.5 Å². The maximum Gasteiger partial charge on any atom is 0.338 e. The summed E-state index contributed by atoms with van der Waals surface area (Å²) in [6.07, 6.45) is 0. The van der Waals surface area contributed by atoms with Gasteiger partial charge in [-0.1, -0.05) is 0 Å². The second-order valence-electron chi connectivity index (χ2n) is 5.22. The Labute approximate surface area is 145 Å². The molecule has 8 heteroatoms. The van der Waals surface area contributed by atoms with Crippen LogP contribution < -0.4 is 5.32 Å². The second kappa shape index (κ2) is 8.29. The van der Waals surface area contributed by atoms with Gasteiger partial charge < -0.3 is 24.8 Å². The van der Waals surface area contributed by atoms with Crippen molar-refractivity contribution in [3.63, 3.8) is 0 Å². The van der Waals surface area contributed by atoms with Crippen LogP contribution in [-0.2, 0) is 19.1 Å². The van der Waals surface area contributed by atoms with Crippen LogP contribution >= 0.6 is 0 Å². The van der Waals surface area contributed by atoms with Crippen LogP contribution in [0.3, 0.4) is 0 Å². The highest BCUT2D eigenvalue weighted by Gasteiger charge is 2.34. The molecule has 0 aromatic heterocycles. The average molecular weight is 348 g/mol. The Morgan fingerprint density at radius 2 is 1.92 bits per heavy atom. The van der Waals surface area contributed by atoms with Crippen molar-refractivity contribution in [2.45, 2.75) is 6.92 Å². The van der Waals surface area contributed by atoms with E-state index in [4.69, 9.17) is 14.6 Å². The van der Waals surface area contributed by atoms with Crippen LogP contribution in [0, 0.1) is 0 Å². The van der Waals surface area contributed by atoms with Gasteiger partial charge in [0.15, 0.2) is 0 Å². The number of hydrogen-bond donors (Lipinski definition) is 2. The van der Waals surface area contributed by atoms with Gasteiger partial charge >= 0.3 is 11.9 Å². The molecule has 0 aliphatic carbocycles. The molecule has 1 aliphatic rings. The number of anilines is 1. The maximum absolute atomic E-state index is 12.4. The van der Waals surface area contributed by atoms with E-state index in [-0.39, 0.29) is 37.6 Å². The van der Waals surface area contributed by atoms with Crippen molar-refractivity contribution in [1.29, 1.82) is 0 Å². The summed E-state index contributed by atoms with van der Waals surface area (Å²) < 4.78 is 9.62. The van der Waals surface area contributed by atoms with Gasteiger partial charge in [0.2, 0.25) is 0 Å². The molecule has 25 heavy (non-hydrogen) atoms. The minimum atomic E-state index is -0.612. The van der Waals surface area contributed by atoms with Crippen molar-refractivity contribution in [1.82, 2.24) is 4.90 Å². The number of hydrogen-bond acceptors (Lipinski definition) is 7. The zero-order chi connectivity index (χ0) is 18.4. The molecule has 1 heterocycles. The lowest BCUT2D eigenvalue weighted by Crippen LogP contribution is -2.31. The topological polar surface area (TPSA) is 105 Å². The third kappa shape index (κ3) is 4.16. The van der Waals surface area contributed by atoms with Crippen molar-refractivity contribution >= 4 is 23.5 Å². The molecular weight excluding hydrogens is 328 g/mol. The van der Waals surface area contributed by atoms with Crippen molar-refractivity contribution in [2.24, 2.45) is 0 Å². The Kier molecular flexibility index (Phi) is 6.13. The third-order valence-electron chi connectivity index (χ3n) is 3.62. The first-order valence-electron chi connectivity index (χ1n) is 7.77. The number of carbonyl (C=O) groups is 3. The number of aliphatic hydroxyl groups excluding tert-OH is 1. The van der Waals surface area contributed by atoms with Gasteiger partial charge in [-0.05, 0) is 31.2 Å². The average Bonchev–Trinajstić information content (AvgIpc) is 2.92. The first-order valence-corrected chi connectivity index (χ1v) is 7.77. The SMILES string of the molecule is CCOC(=O)c1ccc(NC2=C(C(=O)OC)CN(CCO)C2=O)cc1. The molecule has 134 valence electrons. The number of amides is 1. The summed E-state index contributed by atoms with van der Waals surface area (Å²) >= 11 is 0. The summed E-state index contributed by atoms with van der Waals surface area (Å²) in [5.41, 5.74) is 1.21. The molecule has 0 bridgehead atoms. The van der Waals surface area contributed by atoms with E-state index in [1.165, 1.54) is 12.0 Å². The molecule has 0 saturated heterocycles. The Bertz CT molecular complexity index is 696. The number of ether oxygens (including phenoxy) is 2. The molecular formula is C17H20N2O6. The lowest BCUT2D eigenvalue weighted by molar-refractivity contribution is -0.136. The number of carbonyl (C=O) groups excluding carboxylic acids is 3. The minimum absolute atomic E-state index is 0.0648. The molecule has 0 unspecified atom stereocenters. The number of nitrogens with zero attached hydrogens (tertiary/aromatic N) is 1. The number of rotatable bonds is 7. The molecule has 0 spiro atoms. The smallest absolute Gasteiger partial charge is 0.338 e. The van der Waals surface area contributed by atoms with Gasteiger partial charge in [0.05, 0.1) is 38.0 Å². The highest BCUT2D eigenvalue weighted by atomic mass is 16.5. The number of β-amino-alcohol motifs (C(OH)–C–C–N with tert-alkyl or cyclic N) is 1. The van der Waals surface area contributed by atoms with E-state index in [1.807, 2.05) is 0 Å². The van der Waals surface area contributed by atoms with E-state index in [0.29, 0.717) is 11.3 Å². The van der Waals surface area contributed by atoms with Crippen LogP contribution in [-0.4, -0.2) is 61.3 Å². The normalized spacial score (nSPS) is 13.9. The van der Waals surface area contributed by atoms with Crippen LogP contribution in [0.25, 0.3) is 0 Å². The molecule has 2 N–H and O–H groups in total. The Balaban J connectivity index is 2.21. The third-order valence-corrected chi connectivity index (χ3v) is 3.62. The predicted octanol–water partition coefficient (Wildman–Crippen LogP) is 0.537. The number of esters is 2. The molecule has 8 nitrogen and oxygen atoms in total. The fourth-order valence-electron chi connectivity index (χ4n) is 2.40. The van der Waals surface area contributed by atoms with E-state index in [0.717, 1.165) is 0 Å². The van der Waals surface area contributed by atoms with Gasteiger partial charge in [0, 0.05) is 12.2 Å². The number of aliphatic hydroxyl groups is 1. The Hall–Kier alpha value is -2.87. The van der Waals surface area contributed by atoms with Gasteiger partial charge in [-0.3, -0.25) is 4.79 Å². The summed E-state index contributed by atoms with van der Waals surface area (Å²) in [5.74, 6) is -1.45. The van der Waals surface area contributed by atoms with Gasteiger partial charge in [-0.2, -0.15) is 0 Å². The monoisotopic (exact) mass is 348 g/mol. The van der Waals surface area contributed by atoms with Crippen molar-refractivity contribution in [2.75, 3.05) is 38.7 Å². The van der Waals surface area contributed by atoms with Gasteiger partial charge in [-0.15, -0.1) is 0 Å². The van der Waals surface area contributed by atoms with Gasteiger partial charge in [0.1, 0.15) is 5.70 Å². The van der Waals surface area contributed by atoms with Crippen molar-refractivity contribution in [3.05, 3.63) is 41.1 Å².